The molecule has 5 nitrogen and oxygen atoms in total. The van der Waals surface area contributed by atoms with Gasteiger partial charge in [0, 0.05) is 29.8 Å². The Labute approximate surface area is 128 Å². The Bertz CT molecular complexity index is 711. The Morgan fingerprint density at radius 1 is 1.29 bits per heavy atom. The molecule has 2 heterocycles. The fraction of sp³-hybridized carbons (Fsp3) is 0.400. The largest absolute Gasteiger partial charge is 0.497 e. The molecule has 0 aliphatic heterocycles. The maximum atomic E-state index is 12.2. The highest BCUT2D eigenvalue weighted by atomic mass is 35.5. The van der Waals surface area contributed by atoms with Crippen molar-refractivity contribution in [2.24, 2.45) is 0 Å². The SMILES string of the molecule is COc1cc(C)nc(Cn2c(C(C)C)nc(Cl)cc2=O)c1. The molecule has 6 heteroatoms. The molecule has 0 amide bonds. The van der Waals surface area contributed by atoms with Crippen LogP contribution in [0.1, 0.15) is 37.0 Å². The van der Waals surface area contributed by atoms with Gasteiger partial charge in [0.1, 0.15) is 16.7 Å². The van der Waals surface area contributed by atoms with E-state index >= 15 is 0 Å². The van der Waals surface area contributed by atoms with Crippen LogP contribution in [0.15, 0.2) is 23.0 Å². The first-order chi connectivity index (χ1) is 9.90. The van der Waals surface area contributed by atoms with E-state index in [1.807, 2.05) is 32.9 Å². The molecular weight excluding hydrogens is 290 g/mol. The molecule has 2 aromatic heterocycles. The van der Waals surface area contributed by atoms with Crippen molar-refractivity contribution in [3.05, 3.63) is 50.9 Å². The van der Waals surface area contributed by atoms with Gasteiger partial charge < -0.3 is 4.74 Å². The molecule has 0 unspecified atom stereocenters. The van der Waals surface area contributed by atoms with Gasteiger partial charge in [0.2, 0.25) is 0 Å². The molecule has 0 aromatic carbocycles. The van der Waals surface area contributed by atoms with Crippen LogP contribution in [0.25, 0.3) is 0 Å². The molecule has 0 fully saturated rings. The van der Waals surface area contributed by atoms with Gasteiger partial charge in [0.25, 0.3) is 5.56 Å². The number of hydrogen-bond donors (Lipinski definition) is 0. The van der Waals surface area contributed by atoms with Gasteiger partial charge in [-0.05, 0) is 6.92 Å². The molecule has 0 spiro atoms. The van der Waals surface area contributed by atoms with E-state index in [1.165, 1.54) is 6.07 Å². The maximum Gasteiger partial charge on any atom is 0.255 e. The number of ether oxygens (including phenoxy) is 1. The third-order valence-corrected chi connectivity index (χ3v) is 3.25. The number of aromatic nitrogens is 3. The molecule has 0 aliphatic carbocycles. The summed E-state index contributed by atoms with van der Waals surface area (Å²) in [7, 11) is 1.61. The van der Waals surface area contributed by atoms with E-state index in [0.717, 1.165) is 17.1 Å². The van der Waals surface area contributed by atoms with Crippen LogP contribution in [0.5, 0.6) is 5.75 Å². The van der Waals surface area contributed by atoms with Crippen LogP contribution in [-0.4, -0.2) is 21.6 Å². The quantitative estimate of drug-likeness (QED) is 0.815. The summed E-state index contributed by atoms with van der Waals surface area (Å²) in [6, 6.07) is 4.98. The Hall–Kier alpha value is -1.88. The minimum absolute atomic E-state index is 0.0862. The van der Waals surface area contributed by atoms with Gasteiger partial charge in [0.05, 0.1) is 19.3 Å². The smallest absolute Gasteiger partial charge is 0.255 e. The summed E-state index contributed by atoms with van der Waals surface area (Å²) < 4.78 is 6.83. The molecular formula is C15H18ClN3O2. The van der Waals surface area contributed by atoms with Crippen molar-refractivity contribution < 1.29 is 4.74 Å². The zero-order valence-corrected chi connectivity index (χ0v) is 13.3. The van der Waals surface area contributed by atoms with Crippen LogP contribution >= 0.6 is 11.6 Å². The first-order valence-electron chi connectivity index (χ1n) is 6.69. The average Bonchev–Trinajstić information content (AvgIpc) is 2.40. The van der Waals surface area contributed by atoms with Crippen molar-refractivity contribution >= 4 is 11.6 Å². The second-order valence-electron chi connectivity index (χ2n) is 5.16. The van der Waals surface area contributed by atoms with E-state index in [0.29, 0.717) is 12.4 Å². The standard InChI is InChI=1S/C15H18ClN3O2/c1-9(2)15-18-13(16)7-14(20)19(15)8-11-6-12(21-4)5-10(3)17-11/h5-7,9H,8H2,1-4H3. The Balaban J connectivity index is 2.49. The number of rotatable bonds is 4. The molecule has 0 saturated heterocycles. The summed E-state index contributed by atoms with van der Waals surface area (Å²) >= 11 is 5.88. The second kappa shape index (κ2) is 6.26. The number of methoxy groups -OCH3 is 1. The summed E-state index contributed by atoms with van der Waals surface area (Å²) in [6.07, 6.45) is 0. The maximum absolute atomic E-state index is 12.2. The van der Waals surface area contributed by atoms with E-state index in [-0.39, 0.29) is 16.6 Å². The second-order valence-corrected chi connectivity index (χ2v) is 5.54. The molecule has 0 radical (unpaired) electrons. The van der Waals surface area contributed by atoms with Crippen LogP contribution in [-0.2, 0) is 6.54 Å². The molecule has 2 aromatic rings. The third kappa shape index (κ3) is 3.61. The molecule has 0 atom stereocenters. The van der Waals surface area contributed by atoms with Gasteiger partial charge >= 0.3 is 0 Å². The zero-order chi connectivity index (χ0) is 15.6. The fourth-order valence-electron chi connectivity index (χ4n) is 2.16. The first kappa shape index (κ1) is 15.5. The van der Waals surface area contributed by atoms with E-state index < -0.39 is 0 Å². The minimum atomic E-state index is -0.180. The van der Waals surface area contributed by atoms with Crippen LogP contribution in [0.2, 0.25) is 5.15 Å². The first-order valence-corrected chi connectivity index (χ1v) is 7.07. The monoisotopic (exact) mass is 307 g/mol. The summed E-state index contributed by atoms with van der Waals surface area (Å²) in [5.74, 6) is 1.46. The predicted molar refractivity (Wildman–Crippen MR) is 82.2 cm³/mol. The summed E-state index contributed by atoms with van der Waals surface area (Å²) in [6.45, 7) is 6.17. The predicted octanol–water partition coefficient (Wildman–Crippen LogP) is 2.78. The molecule has 0 saturated carbocycles. The fourth-order valence-corrected chi connectivity index (χ4v) is 2.34. The topological polar surface area (TPSA) is 57.0 Å². The van der Waals surface area contributed by atoms with Crippen molar-refractivity contribution in [3.63, 3.8) is 0 Å². The van der Waals surface area contributed by atoms with Gasteiger partial charge in [-0.25, -0.2) is 4.98 Å². The lowest BCUT2D eigenvalue weighted by Gasteiger charge is -2.15. The van der Waals surface area contributed by atoms with Crippen molar-refractivity contribution in [3.8, 4) is 5.75 Å². The summed E-state index contributed by atoms with van der Waals surface area (Å²) in [4.78, 5) is 20.9. The Morgan fingerprint density at radius 3 is 2.62 bits per heavy atom. The van der Waals surface area contributed by atoms with E-state index in [4.69, 9.17) is 16.3 Å². The van der Waals surface area contributed by atoms with Crippen molar-refractivity contribution in [1.82, 2.24) is 14.5 Å². The van der Waals surface area contributed by atoms with Crippen LogP contribution in [0.4, 0.5) is 0 Å². The van der Waals surface area contributed by atoms with Crippen molar-refractivity contribution in [1.29, 1.82) is 0 Å². The van der Waals surface area contributed by atoms with Gasteiger partial charge in [-0.3, -0.25) is 14.3 Å². The minimum Gasteiger partial charge on any atom is -0.497 e. The third-order valence-electron chi connectivity index (χ3n) is 3.06. The highest BCUT2D eigenvalue weighted by molar-refractivity contribution is 6.29. The van der Waals surface area contributed by atoms with Crippen molar-refractivity contribution in [2.45, 2.75) is 33.2 Å². The zero-order valence-electron chi connectivity index (χ0n) is 12.6. The number of aryl methyl sites for hydroxylation is 1. The number of halogens is 1. The van der Waals surface area contributed by atoms with E-state index in [1.54, 1.807) is 11.7 Å². The summed E-state index contributed by atoms with van der Waals surface area (Å²) in [5, 5.41) is 0.217. The van der Waals surface area contributed by atoms with Crippen LogP contribution < -0.4 is 10.3 Å². The van der Waals surface area contributed by atoms with Crippen molar-refractivity contribution in [2.75, 3.05) is 7.11 Å². The molecule has 2 rings (SSSR count). The Kier molecular flexibility index (Phi) is 4.63. The van der Waals surface area contributed by atoms with E-state index in [2.05, 4.69) is 9.97 Å². The van der Waals surface area contributed by atoms with Gasteiger partial charge in [-0.1, -0.05) is 25.4 Å². The van der Waals surface area contributed by atoms with Crippen LogP contribution in [0, 0.1) is 6.92 Å². The van der Waals surface area contributed by atoms with Gasteiger partial charge in [-0.2, -0.15) is 0 Å². The van der Waals surface area contributed by atoms with Crippen LogP contribution in [0.3, 0.4) is 0 Å². The Morgan fingerprint density at radius 2 is 2.00 bits per heavy atom. The highest BCUT2D eigenvalue weighted by Gasteiger charge is 2.13. The van der Waals surface area contributed by atoms with Gasteiger partial charge in [0.15, 0.2) is 0 Å². The number of pyridine rings is 1. The highest BCUT2D eigenvalue weighted by Crippen LogP contribution is 2.17. The lowest BCUT2D eigenvalue weighted by molar-refractivity contribution is 0.412. The summed E-state index contributed by atoms with van der Waals surface area (Å²) in [5.41, 5.74) is 1.41. The number of nitrogens with zero attached hydrogens (tertiary/aromatic N) is 3. The lowest BCUT2D eigenvalue weighted by Crippen LogP contribution is -2.26. The molecule has 112 valence electrons. The normalized spacial score (nSPS) is 11.0. The molecule has 21 heavy (non-hydrogen) atoms. The average molecular weight is 308 g/mol. The lowest BCUT2D eigenvalue weighted by atomic mass is 10.2. The molecule has 0 bridgehead atoms. The van der Waals surface area contributed by atoms with Gasteiger partial charge in [-0.15, -0.1) is 0 Å². The van der Waals surface area contributed by atoms with E-state index in [9.17, 15) is 4.79 Å². The number of hydrogen-bond acceptors (Lipinski definition) is 4. The molecule has 0 N–H and O–H groups in total. The molecule has 0 aliphatic rings.